The first-order valence-electron chi connectivity index (χ1n) is 8.81. The Bertz CT molecular complexity index is 586. The molecule has 0 aromatic carbocycles. The van der Waals surface area contributed by atoms with Gasteiger partial charge in [-0.05, 0) is 38.3 Å². The Balaban J connectivity index is 1.71. The van der Waals surface area contributed by atoms with Crippen LogP contribution in [0, 0.1) is 0 Å². The molecular formula is C17H26N4O3. The fraction of sp³-hybridized carbons (Fsp3) is 0.706. The lowest BCUT2D eigenvalue weighted by molar-refractivity contribution is -0.149. The van der Waals surface area contributed by atoms with Crippen molar-refractivity contribution in [2.75, 3.05) is 20.2 Å². The quantitative estimate of drug-likeness (QED) is 0.813. The number of carbonyl (C=O) groups excluding carboxylic acids is 2. The minimum absolute atomic E-state index is 0.282. The van der Waals surface area contributed by atoms with Crippen LogP contribution >= 0.6 is 0 Å². The molecule has 7 heteroatoms. The second-order valence-electron chi connectivity index (χ2n) is 6.77. The smallest absolute Gasteiger partial charge is 0.331 e. The molecule has 2 heterocycles. The zero-order chi connectivity index (χ0) is 17.0. The third kappa shape index (κ3) is 3.45. The first kappa shape index (κ1) is 17.0. The molecule has 0 spiro atoms. The molecule has 1 amide bonds. The first-order valence-corrected chi connectivity index (χ1v) is 8.81. The molecule has 1 aromatic rings. The van der Waals surface area contributed by atoms with Crippen LogP contribution in [0.2, 0.25) is 0 Å². The maximum absolute atomic E-state index is 12.6. The fourth-order valence-electron chi connectivity index (χ4n) is 3.73. The lowest BCUT2D eigenvalue weighted by Crippen LogP contribution is -2.56. The Morgan fingerprint density at radius 1 is 1.33 bits per heavy atom. The van der Waals surface area contributed by atoms with Gasteiger partial charge in [-0.1, -0.05) is 19.3 Å². The molecule has 0 radical (unpaired) electrons. The zero-order valence-corrected chi connectivity index (χ0v) is 14.2. The molecule has 1 unspecified atom stereocenters. The number of aromatic nitrogens is 2. The summed E-state index contributed by atoms with van der Waals surface area (Å²) in [5.74, 6) is -0.656. The van der Waals surface area contributed by atoms with Gasteiger partial charge < -0.3 is 15.4 Å². The minimum atomic E-state index is -0.903. The van der Waals surface area contributed by atoms with E-state index in [-0.39, 0.29) is 17.9 Å². The summed E-state index contributed by atoms with van der Waals surface area (Å²) < 4.78 is 6.80. The molecule has 1 saturated heterocycles. The van der Waals surface area contributed by atoms with E-state index in [1.54, 1.807) is 6.07 Å². The molecule has 2 fully saturated rings. The van der Waals surface area contributed by atoms with E-state index in [1.165, 1.54) is 7.11 Å². The van der Waals surface area contributed by atoms with Crippen molar-refractivity contribution in [1.29, 1.82) is 0 Å². The summed E-state index contributed by atoms with van der Waals surface area (Å²) in [6.45, 7) is 1.90. The molecule has 3 rings (SSSR count). The van der Waals surface area contributed by atoms with E-state index in [4.69, 9.17) is 4.74 Å². The van der Waals surface area contributed by atoms with E-state index in [9.17, 15) is 9.59 Å². The number of methoxy groups -OCH3 is 1. The minimum Gasteiger partial charge on any atom is -0.467 e. The topological polar surface area (TPSA) is 85.2 Å². The van der Waals surface area contributed by atoms with Gasteiger partial charge in [0.05, 0.1) is 13.2 Å². The van der Waals surface area contributed by atoms with Gasteiger partial charge in [-0.15, -0.1) is 0 Å². The van der Waals surface area contributed by atoms with Crippen LogP contribution in [-0.2, 0) is 9.53 Å². The van der Waals surface area contributed by atoms with Crippen molar-refractivity contribution in [1.82, 2.24) is 20.4 Å². The Hall–Kier alpha value is -1.89. The van der Waals surface area contributed by atoms with E-state index in [2.05, 4.69) is 15.7 Å². The van der Waals surface area contributed by atoms with E-state index < -0.39 is 5.54 Å². The van der Waals surface area contributed by atoms with Crippen LogP contribution < -0.4 is 10.6 Å². The summed E-state index contributed by atoms with van der Waals surface area (Å²) in [5.41, 5.74) is -0.547. The van der Waals surface area contributed by atoms with Crippen molar-refractivity contribution < 1.29 is 14.3 Å². The van der Waals surface area contributed by atoms with Crippen LogP contribution in [0.3, 0.4) is 0 Å². The molecule has 1 aliphatic heterocycles. The molecule has 2 aliphatic rings. The van der Waals surface area contributed by atoms with Crippen LogP contribution in [0.4, 0.5) is 0 Å². The lowest BCUT2D eigenvalue weighted by Gasteiger charge is -2.34. The molecule has 1 aliphatic carbocycles. The number of nitrogens with zero attached hydrogens (tertiary/aromatic N) is 2. The number of piperidine rings is 1. The van der Waals surface area contributed by atoms with Gasteiger partial charge in [0.25, 0.3) is 5.91 Å². The fourth-order valence-corrected chi connectivity index (χ4v) is 3.73. The number of hydrogen-bond donors (Lipinski definition) is 2. The SMILES string of the molecule is COC(=O)C1(NC(=O)c2ccn(C3CCCNC3)n2)CCCCC1. The standard InChI is InChI=1S/C17H26N4O3/c1-24-16(23)17(8-3-2-4-9-17)19-15(22)14-7-11-21(20-14)13-6-5-10-18-12-13/h7,11,13,18H,2-6,8-10,12H2,1H3,(H,19,22). The number of nitrogens with one attached hydrogen (secondary N) is 2. The number of carbonyl (C=O) groups is 2. The van der Waals surface area contributed by atoms with E-state index in [0.717, 1.165) is 45.2 Å². The second kappa shape index (κ2) is 7.34. The molecule has 7 nitrogen and oxygen atoms in total. The Labute approximate surface area is 142 Å². The van der Waals surface area contributed by atoms with Crippen molar-refractivity contribution in [2.24, 2.45) is 0 Å². The Kier molecular flexibility index (Phi) is 5.18. The van der Waals surface area contributed by atoms with Crippen LogP contribution in [0.5, 0.6) is 0 Å². The van der Waals surface area contributed by atoms with Gasteiger partial charge in [-0.3, -0.25) is 9.48 Å². The maximum Gasteiger partial charge on any atom is 0.331 e. The monoisotopic (exact) mass is 334 g/mol. The van der Waals surface area contributed by atoms with Gasteiger partial charge >= 0.3 is 5.97 Å². The lowest BCUT2D eigenvalue weighted by atomic mass is 9.81. The third-order valence-corrected chi connectivity index (χ3v) is 5.12. The number of esters is 1. The molecule has 2 N–H and O–H groups in total. The highest BCUT2D eigenvalue weighted by Crippen LogP contribution is 2.29. The van der Waals surface area contributed by atoms with Crippen molar-refractivity contribution in [3.63, 3.8) is 0 Å². The highest BCUT2D eigenvalue weighted by molar-refractivity contribution is 5.96. The predicted octanol–water partition coefficient (Wildman–Crippen LogP) is 1.41. The second-order valence-corrected chi connectivity index (χ2v) is 6.77. The molecular weight excluding hydrogens is 308 g/mol. The van der Waals surface area contributed by atoms with Gasteiger partial charge in [-0.2, -0.15) is 5.10 Å². The molecule has 1 atom stereocenters. The van der Waals surface area contributed by atoms with Gasteiger partial charge in [0.15, 0.2) is 0 Å². The van der Waals surface area contributed by atoms with Crippen LogP contribution in [-0.4, -0.2) is 47.4 Å². The average Bonchev–Trinajstić information content (AvgIpc) is 3.13. The summed E-state index contributed by atoms with van der Waals surface area (Å²) in [4.78, 5) is 24.9. The van der Waals surface area contributed by atoms with E-state index >= 15 is 0 Å². The Morgan fingerprint density at radius 3 is 2.79 bits per heavy atom. The van der Waals surface area contributed by atoms with Gasteiger partial charge in [-0.25, -0.2) is 4.79 Å². The number of rotatable bonds is 4. The normalized spacial score (nSPS) is 23.5. The van der Waals surface area contributed by atoms with Gasteiger partial charge in [0, 0.05) is 12.7 Å². The molecule has 24 heavy (non-hydrogen) atoms. The highest BCUT2D eigenvalue weighted by atomic mass is 16.5. The van der Waals surface area contributed by atoms with Gasteiger partial charge in [0.1, 0.15) is 11.2 Å². The molecule has 1 saturated carbocycles. The van der Waals surface area contributed by atoms with Crippen molar-refractivity contribution in [2.45, 2.75) is 56.5 Å². The predicted molar refractivity (Wildman–Crippen MR) is 88.7 cm³/mol. The van der Waals surface area contributed by atoms with Crippen molar-refractivity contribution in [3.05, 3.63) is 18.0 Å². The maximum atomic E-state index is 12.6. The van der Waals surface area contributed by atoms with Crippen LogP contribution in [0.25, 0.3) is 0 Å². The third-order valence-electron chi connectivity index (χ3n) is 5.12. The summed E-state index contributed by atoms with van der Waals surface area (Å²) in [6.07, 6.45) is 8.17. The largest absolute Gasteiger partial charge is 0.467 e. The first-order chi connectivity index (χ1) is 11.6. The highest BCUT2D eigenvalue weighted by Gasteiger charge is 2.42. The van der Waals surface area contributed by atoms with Crippen LogP contribution in [0.15, 0.2) is 12.3 Å². The molecule has 0 bridgehead atoms. The molecule has 1 aromatic heterocycles. The average molecular weight is 334 g/mol. The van der Waals surface area contributed by atoms with E-state index in [1.807, 2.05) is 10.9 Å². The van der Waals surface area contributed by atoms with E-state index in [0.29, 0.717) is 18.5 Å². The summed E-state index contributed by atoms with van der Waals surface area (Å²) in [6, 6.07) is 2.00. The zero-order valence-electron chi connectivity index (χ0n) is 14.2. The summed E-state index contributed by atoms with van der Waals surface area (Å²) in [5, 5.41) is 10.7. The summed E-state index contributed by atoms with van der Waals surface area (Å²) >= 11 is 0. The molecule has 132 valence electrons. The Morgan fingerprint density at radius 2 is 2.12 bits per heavy atom. The number of ether oxygens (including phenoxy) is 1. The van der Waals surface area contributed by atoms with Gasteiger partial charge in [0.2, 0.25) is 0 Å². The van der Waals surface area contributed by atoms with Crippen molar-refractivity contribution >= 4 is 11.9 Å². The van der Waals surface area contributed by atoms with Crippen molar-refractivity contribution in [3.8, 4) is 0 Å². The number of amides is 1. The summed E-state index contributed by atoms with van der Waals surface area (Å²) in [7, 11) is 1.37. The van der Waals surface area contributed by atoms with Crippen LogP contribution in [0.1, 0.15) is 61.5 Å². The number of hydrogen-bond acceptors (Lipinski definition) is 5.